The highest BCUT2D eigenvalue weighted by Gasteiger charge is 2.36. The van der Waals surface area contributed by atoms with Gasteiger partial charge in [0.15, 0.2) is 0 Å². The summed E-state index contributed by atoms with van der Waals surface area (Å²) in [6.07, 6.45) is 2.24. The first kappa shape index (κ1) is 25.1. The summed E-state index contributed by atoms with van der Waals surface area (Å²) in [6, 6.07) is 15.6. The minimum Gasteiger partial charge on any atom is -0.481 e. The van der Waals surface area contributed by atoms with Crippen molar-refractivity contribution >= 4 is 29.7 Å². The van der Waals surface area contributed by atoms with Gasteiger partial charge >= 0.3 is 12.1 Å². The lowest BCUT2D eigenvalue weighted by molar-refractivity contribution is -0.148. The Kier molecular flexibility index (Phi) is 8.00. The number of thioether (sulfide) groups is 1. The fraction of sp³-hybridized carbons (Fsp3) is 0.444. The Morgan fingerprint density at radius 3 is 2.31 bits per heavy atom. The maximum atomic E-state index is 13.2. The minimum atomic E-state index is -0.819. The van der Waals surface area contributed by atoms with Gasteiger partial charge < -0.3 is 20.1 Å². The van der Waals surface area contributed by atoms with E-state index in [0.717, 1.165) is 22.3 Å². The van der Waals surface area contributed by atoms with Gasteiger partial charge in [0.2, 0.25) is 5.91 Å². The number of carbonyl (C=O) groups is 3. The van der Waals surface area contributed by atoms with Crippen LogP contribution in [-0.2, 0) is 14.3 Å². The molecule has 0 radical (unpaired) electrons. The number of rotatable bonds is 8. The van der Waals surface area contributed by atoms with Crippen molar-refractivity contribution in [1.82, 2.24) is 10.2 Å². The first-order chi connectivity index (χ1) is 16.9. The van der Waals surface area contributed by atoms with Gasteiger partial charge in [-0.1, -0.05) is 55.5 Å². The molecule has 186 valence electrons. The number of piperidine rings is 1. The summed E-state index contributed by atoms with van der Waals surface area (Å²) >= 11 is 1.60. The van der Waals surface area contributed by atoms with Crippen LogP contribution in [0.1, 0.15) is 36.8 Å². The fourth-order valence-corrected chi connectivity index (χ4v) is 5.68. The third-order valence-corrected chi connectivity index (χ3v) is 7.72. The Hall–Kier alpha value is -3.00. The zero-order chi connectivity index (χ0) is 24.9. The van der Waals surface area contributed by atoms with E-state index in [0.29, 0.717) is 31.7 Å². The molecular weight excluding hydrogens is 464 g/mol. The van der Waals surface area contributed by atoms with Gasteiger partial charge in [-0.25, -0.2) is 4.79 Å². The molecule has 3 atom stereocenters. The molecule has 0 aromatic heterocycles. The molecule has 0 saturated carbocycles. The van der Waals surface area contributed by atoms with Gasteiger partial charge in [-0.15, -0.1) is 0 Å². The third kappa shape index (κ3) is 5.48. The van der Waals surface area contributed by atoms with Crippen molar-refractivity contribution in [2.75, 3.05) is 31.7 Å². The van der Waals surface area contributed by atoms with Crippen molar-refractivity contribution in [2.45, 2.75) is 31.7 Å². The van der Waals surface area contributed by atoms with Gasteiger partial charge in [0.05, 0.1) is 5.92 Å². The zero-order valence-electron chi connectivity index (χ0n) is 20.1. The molecule has 2 aromatic carbocycles. The fourth-order valence-electron chi connectivity index (χ4n) is 5.21. The normalized spacial score (nSPS) is 20.0. The van der Waals surface area contributed by atoms with Crippen LogP contribution in [0.4, 0.5) is 4.79 Å². The number of hydrogen-bond acceptors (Lipinski definition) is 5. The molecule has 1 aliphatic carbocycles. The second-order valence-corrected chi connectivity index (χ2v) is 10.3. The van der Waals surface area contributed by atoms with Crippen LogP contribution in [0.25, 0.3) is 11.1 Å². The topological polar surface area (TPSA) is 95.9 Å². The van der Waals surface area contributed by atoms with Crippen LogP contribution in [0.15, 0.2) is 48.5 Å². The number of carboxylic acid groups (broad SMARTS) is 1. The molecule has 1 aliphatic heterocycles. The number of fused-ring (bicyclic) bond motifs is 3. The number of likely N-dealkylation sites (tertiary alicyclic amines) is 1. The van der Waals surface area contributed by atoms with Crippen LogP contribution in [0.2, 0.25) is 0 Å². The molecule has 35 heavy (non-hydrogen) atoms. The summed E-state index contributed by atoms with van der Waals surface area (Å²) in [5.41, 5.74) is 4.58. The molecule has 7 nitrogen and oxygen atoms in total. The summed E-state index contributed by atoms with van der Waals surface area (Å²) in [5.74, 6) is -0.922. The molecule has 2 unspecified atom stereocenters. The van der Waals surface area contributed by atoms with Gasteiger partial charge in [-0.2, -0.15) is 11.8 Å². The molecule has 2 aliphatic rings. The standard InChI is InChI=1S/C27H32N2O5S/c1-17-15-29(13-11-18(17)26(31)32)25(30)24(12-14-35-2)28-27(33)34-16-23-21-9-5-3-7-19(21)20-8-4-6-10-22(20)23/h3-10,17-18,23-24H,11-16H2,1-2H3,(H,28,33)(H,31,32)/t17?,18?,24-/m0/s1. The molecule has 2 aromatic rings. The number of ether oxygens (including phenoxy) is 1. The lowest BCUT2D eigenvalue weighted by Gasteiger charge is -2.36. The molecule has 4 rings (SSSR count). The molecular formula is C27H32N2O5S. The molecule has 2 N–H and O–H groups in total. The van der Waals surface area contributed by atoms with E-state index in [-0.39, 0.29) is 24.3 Å². The van der Waals surface area contributed by atoms with E-state index >= 15 is 0 Å². The average molecular weight is 497 g/mol. The van der Waals surface area contributed by atoms with Gasteiger partial charge in [-0.3, -0.25) is 9.59 Å². The maximum Gasteiger partial charge on any atom is 0.407 e. The van der Waals surface area contributed by atoms with Crippen LogP contribution in [0.5, 0.6) is 0 Å². The van der Waals surface area contributed by atoms with Gasteiger partial charge in [-0.05, 0) is 53.0 Å². The number of hydrogen-bond donors (Lipinski definition) is 2. The Bertz CT molecular complexity index is 1050. The first-order valence-corrected chi connectivity index (χ1v) is 13.4. The van der Waals surface area contributed by atoms with Gasteiger partial charge in [0.25, 0.3) is 0 Å². The number of nitrogens with zero attached hydrogens (tertiary/aromatic N) is 1. The number of amides is 2. The van der Waals surface area contributed by atoms with Crippen LogP contribution >= 0.6 is 11.8 Å². The smallest absolute Gasteiger partial charge is 0.407 e. The van der Waals surface area contributed by atoms with Gasteiger partial charge in [0.1, 0.15) is 12.6 Å². The third-order valence-electron chi connectivity index (χ3n) is 7.08. The average Bonchev–Trinajstić information content (AvgIpc) is 3.18. The molecule has 1 saturated heterocycles. The first-order valence-electron chi connectivity index (χ1n) is 12.0. The molecule has 2 amide bonds. The van der Waals surface area contributed by atoms with Crippen molar-refractivity contribution in [1.29, 1.82) is 0 Å². The predicted octanol–water partition coefficient (Wildman–Crippen LogP) is 4.22. The highest BCUT2D eigenvalue weighted by Crippen LogP contribution is 2.44. The van der Waals surface area contributed by atoms with Crippen LogP contribution in [0, 0.1) is 11.8 Å². The number of carboxylic acids is 1. The lowest BCUT2D eigenvalue weighted by Crippen LogP contribution is -2.53. The highest BCUT2D eigenvalue weighted by molar-refractivity contribution is 7.98. The van der Waals surface area contributed by atoms with E-state index in [4.69, 9.17) is 4.74 Å². The van der Waals surface area contributed by atoms with E-state index in [9.17, 15) is 19.5 Å². The van der Waals surface area contributed by atoms with Crippen LogP contribution in [0.3, 0.4) is 0 Å². The van der Waals surface area contributed by atoms with Crippen molar-refractivity contribution in [3.63, 3.8) is 0 Å². The van der Waals surface area contributed by atoms with Gasteiger partial charge in [0, 0.05) is 19.0 Å². The number of alkyl carbamates (subject to hydrolysis) is 1. The number of nitrogens with one attached hydrogen (secondary N) is 1. The Balaban J connectivity index is 1.40. The number of carbonyl (C=O) groups excluding carboxylic acids is 2. The summed E-state index contributed by atoms with van der Waals surface area (Å²) in [6.45, 7) is 2.79. The van der Waals surface area contributed by atoms with Crippen LogP contribution < -0.4 is 5.32 Å². The monoisotopic (exact) mass is 496 g/mol. The summed E-state index contributed by atoms with van der Waals surface area (Å²) in [7, 11) is 0. The van der Waals surface area contributed by atoms with E-state index in [1.54, 1.807) is 16.7 Å². The quantitative estimate of drug-likeness (QED) is 0.568. The molecule has 0 bridgehead atoms. The van der Waals surface area contributed by atoms with Crippen molar-refractivity contribution in [3.05, 3.63) is 59.7 Å². The maximum absolute atomic E-state index is 13.2. The van der Waals surface area contributed by atoms with Crippen molar-refractivity contribution in [2.24, 2.45) is 11.8 Å². The minimum absolute atomic E-state index is 0.0515. The molecule has 0 spiro atoms. The van der Waals surface area contributed by atoms with Crippen LogP contribution in [-0.4, -0.2) is 65.7 Å². The van der Waals surface area contributed by atoms with E-state index in [2.05, 4.69) is 29.6 Å². The van der Waals surface area contributed by atoms with E-state index < -0.39 is 24.0 Å². The molecule has 1 fully saturated rings. The summed E-state index contributed by atoms with van der Waals surface area (Å²) in [5, 5.41) is 12.2. The summed E-state index contributed by atoms with van der Waals surface area (Å²) < 4.78 is 5.65. The second kappa shape index (κ2) is 11.2. The Morgan fingerprint density at radius 1 is 1.11 bits per heavy atom. The predicted molar refractivity (Wildman–Crippen MR) is 136 cm³/mol. The number of aliphatic carboxylic acids is 1. The highest BCUT2D eigenvalue weighted by atomic mass is 32.2. The zero-order valence-corrected chi connectivity index (χ0v) is 20.9. The van der Waals surface area contributed by atoms with Crippen molar-refractivity contribution < 1.29 is 24.2 Å². The molecule has 8 heteroatoms. The SMILES string of the molecule is CSCC[C@H](NC(=O)OCC1c2ccccc2-c2ccccc21)C(=O)N1CCC(C(=O)O)C(C)C1. The van der Waals surface area contributed by atoms with Crippen molar-refractivity contribution in [3.8, 4) is 11.1 Å². The Labute approximate surface area is 210 Å². The van der Waals surface area contributed by atoms with E-state index in [1.807, 2.05) is 37.4 Å². The largest absolute Gasteiger partial charge is 0.481 e. The molecule has 1 heterocycles. The lowest BCUT2D eigenvalue weighted by atomic mass is 9.86. The second-order valence-electron chi connectivity index (χ2n) is 9.30. The number of benzene rings is 2. The Morgan fingerprint density at radius 2 is 1.74 bits per heavy atom. The van der Waals surface area contributed by atoms with E-state index in [1.165, 1.54) is 0 Å². The summed E-state index contributed by atoms with van der Waals surface area (Å²) in [4.78, 5) is 39.1.